The van der Waals surface area contributed by atoms with E-state index < -0.39 is 0 Å². The molecule has 2 heterocycles. The first-order valence-electron chi connectivity index (χ1n) is 9.53. The highest BCUT2D eigenvalue weighted by molar-refractivity contribution is 7.13. The number of rotatable bonds is 6. The van der Waals surface area contributed by atoms with Gasteiger partial charge in [0.15, 0.2) is 11.5 Å². The Kier molecular flexibility index (Phi) is 6.80. The third-order valence-corrected chi connectivity index (χ3v) is 6.70. The van der Waals surface area contributed by atoms with E-state index in [4.69, 9.17) is 42.4 Å². The van der Waals surface area contributed by atoms with Crippen molar-refractivity contribution < 1.29 is 14.2 Å². The van der Waals surface area contributed by atoms with Crippen LogP contribution < -0.4 is 9.47 Å². The summed E-state index contributed by atoms with van der Waals surface area (Å²) in [5.41, 5.74) is 2.99. The zero-order chi connectivity index (χ0) is 21.1. The Labute approximate surface area is 190 Å². The minimum absolute atomic E-state index is 0.0369. The van der Waals surface area contributed by atoms with Crippen molar-refractivity contribution in [1.29, 1.82) is 0 Å². The fourth-order valence-corrected chi connectivity index (χ4v) is 4.69. The zero-order valence-electron chi connectivity index (χ0n) is 16.7. The Hall–Kier alpha value is -1.83. The van der Waals surface area contributed by atoms with Crippen LogP contribution in [0.15, 0.2) is 41.8 Å². The Morgan fingerprint density at radius 1 is 1.17 bits per heavy atom. The Morgan fingerprint density at radius 3 is 2.80 bits per heavy atom. The van der Waals surface area contributed by atoms with Crippen LogP contribution in [-0.4, -0.2) is 43.8 Å². The molecule has 0 N–H and O–H groups in total. The van der Waals surface area contributed by atoms with E-state index >= 15 is 0 Å². The van der Waals surface area contributed by atoms with Crippen LogP contribution in [0.3, 0.4) is 0 Å². The van der Waals surface area contributed by atoms with Gasteiger partial charge in [-0.2, -0.15) is 0 Å². The average Bonchev–Trinajstić information content (AvgIpc) is 3.23. The van der Waals surface area contributed by atoms with Crippen LogP contribution in [0.1, 0.15) is 17.4 Å². The molecule has 0 radical (unpaired) electrons. The lowest BCUT2D eigenvalue weighted by Crippen LogP contribution is -2.37. The van der Waals surface area contributed by atoms with Crippen molar-refractivity contribution in [1.82, 2.24) is 9.88 Å². The van der Waals surface area contributed by atoms with Gasteiger partial charge in [-0.1, -0.05) is 35.3 Å². The minimum Gasteiger partial charge on any atom is -0.493 e. The number of aromatic nitrogens is 1. The SMILES string of the molecule is COc1cccc(-c2nc(CN3CCOC(c4ccc(Cl)c(Cl)c4)C3)cs2)c1OC. The number of para-hydroxylation sites is 1. The third kappa shape index (κ3) is 4.58. The molecule has 5 nitrogen and oxygen atoms in total. The summed E-state index contributed by atoms with van der Waals surface area (Å²) in [7, 11) is 3.28. The van der Waals surface area contributed by atoms with Gasteiger partial charge in [-0.15, -0.1) is 11.3 Å². The van der Waals surface area contributed by atoms with Crippen LogP contribution in [0.2, 0.25) is 10.0 Å². The quantitative estimate of drug-likeness (QED) is 0.467. The van der Waals surface area contributed by atoms with E-state index in [1.54, 1.807) is 25.6 Å². The van der Waals surface area contributed by atoms with Crippen molar-refractivity contribution in [3.63, 3.8) is 0 Å². The summed E-state index contributed by atoms with van der Waals surface area (Å²) in [6.07, 6.45) is -0.0369. The van der Waals surface area contributed by atoms with Gasteiger partial charge in [-0.25, -0.2) is 4.98 Å². The fraction of sp³-hybridized carbons (Fsp3) is 0.318. The van der Waals surface area contributed by atoms with Gasteiger partial charge in [-0.3, -0.25) is 4.90 Å². The number of thiazole rings is 1. The molecule has 158 valence electrons. The molecule has 1 aliphatic heterocycles. The Balaban J connectivity index is 1.48. The predicted molar refractivity (Wildman–Crippen MR) is 121 cm³/mol. The van der Waals surface area contributed by atoms with Gasteiger partial charge < -0.3 is 14.2 Å². The molecule has 1 aromatic heterocycles. The van der Waals surface area contributed by atoms with Crippen LogP contribution in [-0.2, 0) is 11.3 Å². The first-order valence-corrected chi connectivity index (χ1v) is 11.2. The molecule has 1 saturated heterocycles. The van der Waals surface area contributed by atoms with E-state index in [9.17, 15) is 0 Å². The lowest BCUT2D eigenvalue weighted by molar-refractivity contribution is -0.0332. The fourth-order valence-electron chi connectivity index (χ4n) is 3.55. The van der Waals surface area contributed by atoms with Gasteiger partial charge >= 0.3 is 0 Å². The molecule has 1 unspecified atom stereocenters. The molecule has 0 saturated carbocycles. The molecule has 3 aromatic rings. The molecule has 0 spiro atoms. The highest BCUT2D eigenvalue weighted by Gasteiger charge is 2.23. The maximum Gasteiger partial charge on any atom is 0.170 e. The third-order valence-electron chi connectivity index (χ3n) is 5.04. The molecule has 30 heavy (non-hydrogen) atoms. The summed E-state index contributed by atoms with van der Waals surface area (Å²) in [6, 6.07) is 11.5. The second-order valence-electron chi connectivity index (χ2n) is 6.95. The van der Waals surface area contributed by atoms with Gasteiger partial charge in [-0.05, 0) is 29.8 Å². The van der Waals surface area contributed by atoms with Crippen molar-refractivity contribution in [3.05, 3.63) is 63.1 Å². The first kappa shape index (κ1) is 21.4. The van der Waals surface area contributed by atoms with E-state index in [1.807, 2.05) is 36.4 Å². The molecule has 1 aliphatic rings. The van der Waals surface area contributed by atoms with E-state index in [0.29, 0.717) is 28.2 Å². The summed E-state index contributed by atoms with van der Waals surface area (Å²) in [5.74, 6) is 1.40. The standard InChI is InChI=1S/C22H22Cl2N2O3S/c1-27-19-5-3-4-16(21(19)28-2)22-25-15(13-30-22)11-26-8-9-29-20(12-26)14-6-7-17(23)18(24)10-14/h3-7,10,13,20H,8-9,11-12H2,1-2H3. The molecule has 1 fully saturated rings. The summed E-state index contributed by atoms with van der Waals surface area (Å²) in [6.45, 7) is 3.04. The normalized spacial score (nSPS) is 17.1. The van der Waals surface area contributed by atoms with Gasteiger partial charge in [0.2, 0.25) is 0 Å². The van der Waals surface area contributed by atoms with Crippen LogP contribution in [0.25, 0.3) is 10.6 Å². The van der Waals surface area contributed by atoms with Crippen molar-refractivity contribution in [2.75, 3.05) is 33.9 Å². The van der Waals surface area contributed by atoms with Crippen molar-refractivity contribution in [3.8, 4) is 22.1 Å². The average molecular weight is 465 g/mol. The van der Waals surface area contributed by atoms with Gasteiger partial charge in [0.05, 0.1) is 48.2 Å². The number of nitrogens with zero attached hydrogens (tertiary/aromatic N) is 2. The Bertz CT molecular complexity index is 1030. The van der Waals surface area contributed by atoms with Crippen molar-refractivity contribution in [2.45, 2.75) is 12.6 Å². The van der Waals surface area contributed by atoms with Gasteiger partial charge in [0, 0.05) is 25.0 Å². The number of methoxy groups -OCH3 is 2. The minimum atomic E-state index is -0.0369. The molecule has 1 atom stereocenters. The molecule has 0 aliphatic carbocycles. The molecular formula is C22H22Cl2N2O3S. The maximum absolute atomic E-state index is 6.18. The molecule has 4 rings (SSSR count). The zero-order valence-corrected chi connectivity index (χ0v) is 19.1. The molecule has 0 amide bonds. The molecule has 8 heteroatoms. The summed E-state index contributed by atoms with van der Waals surface area (Å²) in [4.78, 5) is 7.19. The summed E-state index contributed by atoms with van der Waals surface area (Å²) < 4.78 is 16.9. The van der Waals surface area contributed by atoms with Crippen molar-refractivity contribution >= 4 is 34.5 Å². The number of morpholine rings is 1. The molecule has 0 bridgehead atoms. The van der Waals surface area contributed by atoms with Crippen LogP contribution >= 0.6 is 34.5 Å². The summed E-state index contributed by atoms with van der Waals surface area (Å²) >= 11 is 13.8. The second-order valence-corrected chi connectivity index (χ2v) is 8.63. The van der Waals surface area contributed by atoms with Crippen LogP contribution in [0.5, 0.6) is 11.5 Å². The number of halogens is 2. The van der Waals surface area contributed by atoms with Gasteiger partial charge in [0.25, 0.3) is 0 Å². The van der Waals surface area contributed by atoms with Crippen molar-refractivity contribution in [2.24, 2.45) is 0 Å². The highest BCUT2D eigenvalue weighted by atomic mass is 35.5. The van der Waals surface area contributed by atoms with E-state index in [2.05, 4.69) is 10.3 Å². The maximum atomic E-state index is 6.18. The Morgan fingerprint density at radius 2 is 2.03 bits per heavy atom. The largest absolute Gasteiger partial charge is 0.493 e. The monoisotopic (exact) mass is 464 g/mol. The van der Waals surface area contributed by atoms with Gasteiger partial charge in [0.1, 0.15) is 5.01 Å². The second kappa shape index (κ2) is 9.54. The number of hydrogen-bond donors (Lipinski definition) is 0. The first-order chi connectivity index (χ1) is 14.6. The van der Waals surface area contributed by atoms with E-state index in [1.165, 1.54) is 0 Å². The highest BCUT2D eigenvalue weighted by Crippen LogP contribution is 2.39. The number of ether oxygens (including phenoxy) is 3. The topological polar surface area (TPSA) is 43.8 Å². The molecular weight excluding hydrogens is 443 g/mol. The molecule has 2 aromatic carbocycles. The smallest absolute Gasteiger partial charge is 0.170 e. The summed E-state index contributed by atoms with van der Waals surface area (Å²) in [5, 5.41) is 4.11. The predicted octanol–water partition coefficient (Wildman–Crippen LogP) is 5.71. The van der Waals surface area contributed by atoms with Crippen LogP contribution in [0, 0.1) is 0 Å². The lowest BCUT2D eigenvalue weighted by atomic mass is 10.1. The van der Waals surface area contributed by atoms with Crippen LogP contribution in [0.4, 0.5) is 0 Å². The number of benzene rings is 2. The van der Waals surface area contributed by atoms with E-state index in [0.717, 1.165) is 41.5 Å². The lowest BCUT2D eigenvalue weighted by Gasteiger charge is -2.32. The number of hydrogen-bond acceptors (Lipinski definition) is 6. The van der Waals surface area contributed by atoms with E-state index in [-0.39, 0.29) is 6.10 Å².